The molecule has 0 aliphatic heterocycles. The van der Waals surface area contributed by atoms with E-state index in [9.17, 15) is 0 Å². The summed E-state index contributed by atoms with van der Waals surface area (Å²) in [5.41, 5.74) is 2.56. The van der Waals surface area contributed by atoms with E-state index in [0.29, 0.717) is 11.1 Å². The van der Waals surface area contributed by atoms with Crippen LogP contribution in [0.2, 0.25) is 0 Å². The van der Waals surface area contributed by atoms with Gasteiger partial charge in [-0.25, -0.2) is 4.68 Å². The fourth-order valence-electron chi connectivity index (χ4n) is 4.87. The van der Waals surface area contributed by atoms with E-state index >= 15 is 0 Å². The average molecular weight is 564 g/mol. The van der Waals surface area contributed by atoms with E-state index in [0.717, 1.165) is 16.7 Å². The molecule has 6 aromatic rings. The summed E-state index contributed by atoms with van der Waals surface area (Å²) in [5.74, 6) is 0.142. The van der Waals surface area contributed by atoms with Gasteiger partial charge in [0.25, 0.3) is 0 Å². The van der Waals surface area contributed by atoms with Crippen molar-refractivity contribution in [3.63, 3.8) is 0 Å². The van der Waals surface area contributed by atoms with Crippen LogP contribution in [0.25, 0.3) is 22.5 Å². The van der Waals surface area contributed by atoms with Crippen molar-refractivity contribution in [2.75, 3.05) is 0 Å². The van der Waals surface area contributed by atoms with Crippen LogP contribution in [0, 0.1) is 0 Å². The lowest BCUT2D eigenvalue weighted by molar-refractivity contribution is 0.451. The summed E-state index contributed by atoms with van der Waals surface area (Å²) in [7, 11) is 0. The Morgan fingerprint density at radius 3 is 1.68 bits per heavy atom. The molecule has 5 heteroatoms. The molecule has 0 aliphatic rings. The first-order valence-electron chi connectivity index (χ1n) is 15.0. The molecule has 0 aliphatic carbocycles. The molecule has 0 amide bonds. The minimum atomic E-state index is -1.77. The number of tetrazole rings is 1. The first-order chi connectivity index (χ1) is 21.2. The molecule has 0 radical (unpaired) electrons. The lowest BCUT2D eigenvalue weighted by Gasteiger charge is -2.36. The fraction of sp³-hybridized carbons (Fsp3) is 0.0606. The van der Waals surface area contributed by atoms with Gasteiger partial charge >= 0.3 is 0 Å². The maximum atomic E-state index is 9.09. The van der Waals surface area contributed by atoms with Gasteiger partial charge in [-0.15, -0.1) is 5.10 Å². The third kappa shape index (κ3) is 4.15. The third-order valence-electron chi connectivity index (χ3n) is 6.56. The predicted octanol–water partition coefficient (Wildman–Crippen LogP) is 7.74. The number of alkyl halides is 1. The Bertz CT molecular complexity index is 1830. The maximum Gasteiger partial charge on any atom is 0.184 e. The van der Waals surface area contributed by atoms with Crippen LogP contribution in [-0.4, -0.2) is 20.2 Å². The highest BCUT2D eigenvalue weighted by Gasteiger charge is 2.42. The highest BCUT2D eigenvalue weighted by atomic mass is 79.9. The van der Waals surface area contributed by atoms with Crippen LogP contribution in [0.15, 0.2) is 139 Å². The molecule has 5 aromatic carbocycles. The van der Waals surface area contributed by atoms with Gasteiger partial charge in [0.2, 0.25) is 0 Å². The maximum absolute atomic E-state index is 9.09. The van der Waals surface area contributed by atoms with Crippen molar-refractivity contribution in [1.29, 1.82) is 0 Å². The Balaban J connectivity index is 1.73. The van der Waals surface area contributed by atoms with Crippen LogP contribution in [-0.2, 0) is 10.8 Å². The number of halogens is 1. The molecule has 0 spiro atoms. The number of hydrogen-bond donors (Lipinski definition) is 0. The lowest BCUT2D eigenvalue weighted by atomic mass is 9.77. The predicted molar refractivity (Wildman–Crippen MR) is 156 cm³/mol. The van der Waals surface area contributed by atoms with E-state index in [2.05, 4.69) is 31.5 Å². The molecule has 1 heterocycles. The Morgan fingerprint density at radius 1 is 0.684 bits per heavy atom. The van der Waals surface area contributed by atoms with Crippen LogP contribution >= 0.6 is 15.9 Å². The van der Waals surface area contributed by atoms with E-state index in [1.54, 1.807) is 28.9 Å². The minimum absolute atomic E-state index is 0.128. The first-order valence-corrected chi connectivity index (χ1v) is 12.8. The zero-order chi connectivity index (χ0) is 31.1. The van der Waals surface area contributed by atoms with Crippen molar-refractivity contribution < 1.29 is 8.22 Å². The smallest absolute Gasteiger partial charge is 0.184 e. The number of benzene rings is 5. The van der Waals surface area contributed by atoms with E-state index in [1.165, 1.54) is 0 Å². The standard InChI is InChI=1S/C33H25BrN4/c34-24-25-20-22-26(23-21-25)30-18-10-11-19-31(30)32-35-36-37-38(32)33(27-12-4-1-5-13-27,28-14-6-2-7-15-28)29-16-8-3-9-17-29/h1-23H,24H2/i10D,11D,18D,19D,24D2. The molecule has 0 fully saturated rings. The lowest BCUT2D eigenvalue weighted by Crippen LogP contribution is -2.39. The van der Waals surface area contributed by atoms with Crippen LogP contribution < -0.4 is 0 Å². The van der Waals surface area contributed by atoms with Gasteiger partial charge in [-0.1, -0.05) is 155 Å². The second-order valence-corrected chi connectivity index (χ2v) is 9.04. The summed E-state index contributed by atoms with van der Waals surface area (Å²) in [6.45, 7) is 0. The van der Waals surface area contributed by atoms with E-state index < -0.39 is 22.9 Å². The van der Waals surface area contributed by atoms with Gasteiger partial charge in [0.15, 0.2) is 5.82 Å². The Labute approximate surface area is 239 Å². The SMILES string of the molecule is [2H]c1c([2H])c([2H])c(-c2nnnn2C(c2ccccc2)(c2ccccc2)c2ccccc2)c(-c2ccc(C([2H])([2H])Br)cc2)c1[2H]. The molecular weight excluding hydrogens is 532 g/mol. The second-order valence-electron chi connectivity index (χ2n) is 8.64. The van der Waals surface area contributed by atoms with Crippen LogP contribution in [0.3, 0.4) is 0 Å². The van der Waals surface area contributed by atoms with E-state index in [4.69, 9.17) is 8.22 Å². The van der Waals surface area contributed by atoms with Gasteiger partial charge < -0.3 is 0 Å². The van der Waals surface area contributed by atoms with Gasteiger partial charge in [0.1, 0.15) is 5.54 Å². The van der Waals surface area contributed by atoms with Crippen LogP contribution in [0.4, 0.5) is 0 Å². The molecule has 184 valence electrons. The quantitative estimate of drug-likeness (QED) is 0.147. The molecule has 0 atom stereocenters. The fourth-order valence-corrected chi connectivity index (χ4v) is 5.13. The van der Waals surface area contributed by atoms with Crippen LogP contribution in [0.5, 0.6) is 0 Å². The highest BCUT2D eigenvalue weighted by Crippen LogP contribution is 2.43. The molecular formula is C33H25BrN4. The van der Waals surface area contributed by atoms with Crippen molar-refractivity contribution >= 4 is 15.9 Å². The zero-order valence-corrected chi connectivity index (χ0v) is 21.7. The summed E-state index contributed by atoms with van der Waals surface area (Å²) >= 11 is 3.04. The molecule has 6 rings (SSSR count). The molecule has 0 unspecified atom stereocenters. The topological polar surface area (TPSA) is 43.6 Å². The molecule has 0 saturated carbocycles. The highest BCUT2D eigenvalue weighted by molar-refractivity contribution is 9.08. The molecule has 1 aromatic heterocycles. The number of aromatic nitrogens is 4. The molecule has 4 nitrogen and oxygen atoms in total. The number of nitrogens with zero attached hydrogens (tertiary/aromatic N) is 4. The van der Waals surface area contributed by atoms with Gasteiger partial charge in [0.05, 0.1) is 5.48 Å². The number of hydrogen-bond acceptors (Lipinski definition) is 3. The van der Waals surface area contributed by atoms with Gasteiger partial charge in [-0.3, -0.25) is 0 Å². The Morgan fingerprint density at radius 2 is 1.18 bits per heavy atom. The van der Waals surface area contributed by atoms with Gasteiger partial charge in [-0.2, -0.15) is 0 Å². The van der Waals surface area contributed by atoms with Crippen molar-refractivity contribution in [1.82, 2.24) is 20.2 Å². The first kappa shape index (κ1) is 18.0. The van der Waals surface area contributed by atoms with Crippen molar-refractivity contribution in [3.8, 4) is 22.5 Å². The summed E-state index contributed by atoms with van der Waals surface area (Å²) in [4.78, 5) is 0. The van der Waals surface area contributed by atoms with Crippen LogP contribution in [0.1, 0.15) is 30.5 Å². The normalized spacial score (nSPS) is 14.0. The molecule has 0 N–H and O–H groups in total. The zero-order valence-electron chi connectivity index (χ0n) is 26.1. The molecule has 0 saturated heterocycles. The van der Waals surface area contributed by atoms with Crippen molar-refractivity contribution in [2.24, 2.45) is 0 Å². The third-order valence-corrected chi connectivity index (χ3v) is 7.01. The summed E-state index contributed by atoms with van der Waals surface area (Å²) in [6.07, 6.45) is 0. The number of rotatable bonds is 7. The largest absolute Gasteiger partial charge is 0.205 e. The average Bonchev–Trinajstić information content (AvgIpc) is 3.53. The Kier molecular flexibility index (Phi) is 5.00. The minimum Gasteiger partial charge on any atom is -0.205 e. The van der Waals surface area contributed by atoms with E-state index in [-0.39, 0.29) is 29.0 Å². The second kappa shape index (κ2) is 10.6. The monoisotopic (exact) mass is 562 g/mol. The Hall–Kier alpha value is -4.35. The van der Waals surface area contributed by atoms with Crippen molar-refractivity contribution in [2.45, 2.75) is 10.8 Å². The molecule has 38 heavy (non-hydrogen) atoms. The van der Waals surface area contributed by atoms with E-state index in [1.807, 2.05) is 91.0 Å². The van der Waals surface area contributed by atoms with Gasteiger partial charge in [0, 0.05) is 13.6 Å². The van der Waals surface area contributed by atoms with Gasteiger partial charge in [-0.05, 0) is 43.8 Å². The summed E-state index contributed by atoms with van der Waals surface area (Å²) in [5, 5.41) is 11.3. The summed E-state index contributed by atoms with van der Waals surface area (Å²) < 4.78 is 52.8. The molecule has 0 bridgehead atoms. The van der Waals surface area contributed by atoms with Crippen molar-refractivity contribution in [3.05, 3.63) is 162 Å². The summed E-state index contributed by atoms with van der Waals surface area (Å²) in [6, 6.07) is 34.4.